The summed E-state index contributed by atoms with van der Waals surface area (Å²) in [4.78, 5) is 12.2. The first-order valence-corrected chi connectivity index (χ1v) is 5.77. The van der Waals surface area contributed by atoms with Crippen LogP contribution in [-0.2, 0) is 0 Å². The summed E-state index contributed by atoms with van der Waals surface area (Å²) in [5, 5.41) is 4.96. The Morgan fingerprint density at radius 2 is 1.94 bits per heavy atom. The van der Waals surface area contributed by atoms with Gasteiger partial charge in [0.05, 0.1) is 16.3 Å². The van der Waals surface area contributed by atoms with Gasteiger partial charge in [0.25, 0.3) is 5.91 Å². The Hall–Kier alpha value is -1.32. The summed E-state index contributed by atoms with van der Waals surface area (Å²) in [5.74, 6) is -0.275. The van der Waals surface area contributed by atoms with E-state index in [1.54, 1.807) is 18.2 Å². The van der Waals surface area contributed by atoms with Crippen LogP contribution in [-0.4, -0.2) is 15.7 Å². The van der Waals surface area contributed by atoms with Crippen LogP contribution in [0.2, 0.25) is 10.0 Å². The first kappa shape index (κ1) is 12.1. The fourth-order valence-corrected chi connectivity index (χ4v) is 1.98. The van der Waals surface area contributed by atoms with Gasteiger partial charge in [-0.05, 0) is 38.1 Å². The van der Waals surface area contributed by atoms with Crippen molar-refractivity contribution in [1.29, 1.82) is 0 Å². The summed E-state index contributed by atoms with van der Waals surface area (Å²) in [6.45, 7) is 3.65. The molecule has 0 bridgehead atoms. The maximum atomic E-state index is 12.2. The van der Waals surface area contributed by atoms with Crippen molar-refractivity contribution in [2.75, 3.05) is 0 Å². The third-order valence-electron chi connectivity index (χ3n) is 2.36. The second kappa shape index (κ2) is 4.51. The predicted octanol–water partition coefficient (Wildman–Crippen LogP) is 3.50. The van der Waals surface area contributed by atoms with Gasteiger partial charge in [0.15, 0.2) is 0 Å². The Bertz CT molecular complexity index is 590. The van der Waals surface area contributed by atoms with Gasteiger partial charge in [-0.15, -0.1) is 0 Å². The van der Waals surface area contributed by atoms with E-state index in [1.807, 2.05) is 19.9 Å². The molecule has 0 N–H and O–H groups in total. The molecule has 0 aliphatic rings. The third kappa shape index (κ3) is 2.35. The van der Waals surface area contributed by atoms with E-state index in [9.17, 15) is 4.79 Å². The van der Waals surface area contributed by atoms with Crippen LogP contribution in [0.25, 0.3) is 0 Å². The molecule has 0 saturated heterocycles. The van der Waals surface area contributed by atoms with E-state index in [2.05, 4.69) is 5.10 Å². The topological polar surface area (TPSA) is 34.9 Å². The number of halogens is 2. The van der Waals surface area contributed by atoms with Gasteiger partial charge >= 0.3 is 0 Å². The van der Waals surface area contributed by atoms with E-state index < -0.39 is 0 Å². The van der Waals surface area contributed by atoms with E-state index in [0.717, 1.165) is 11.4 Å². The Labute approximate surface area is 109 Å². The van der Waals surface area contributed by atoms with E-state index >= 15 is 0 Å². The van der Waals surface area contributed by atoms with Crippen molar-refractivity contribution >= 4 is 29.1 Å². The van der Waals surface area contributed by atoms with Crippen LogP contribution in [0.4, 0.5) is 0 Å². The summed E-state index contributed by atoms with van der Waals surface area (Å²) in [6.07, 6.45) is 0. The second-order valence-electron chi connectivity index (χ2n) is 3.77. The van der Waals surface area contributed by atoms with Gasteiger partial charge in [-0.1, -0.05) is 23.2 Å². The predicted molar refractivity (Wildman–Crippen MR) is 67.9 cm³/mol. The van der Waals surface area contributed by atoms with E-state index in [1.165, 1.54) is 4.68 Å². The number of carbonyl (C=O) groups excluding carboxylic acids is 1. The van der Waals surface area contributed by atoms with Crippen LogP contribution in [0.15, 0.2) is 24.3 Å². The summed E-state index contributed by atoms with van der Waals surface area (Å²) in [7, 11) is 0. The zero-order valence-electron chi connectivity index (χ0n) is 9.37. The highest BCUT2D eigenvalue weighted by Gasteiger charge is 2.16. The minimum absolute atomic E-state index is 0.275. The molecule has 2 rings (SSSR count). The van der Waals surface area contributed by atoms with E-state index in [0.29, 0.717) is 15.6 Å². The standard InChI is InChI=1S/C12H10Cl2N2O/c1-7-5-8(2)16(15-7)12(17)10-6-9(13)3-4-11(10)14/h3-6H,1-2H3. The highest BCUT2D eigenvalue weighted by atomic mass is 35.5. The summed E-state index contributed by atoms with van der Waals surface area (Å²) < 4.78 is 1.33. The molecule has 3 nitrogen and oxygen atoms in total. The Morgan fingerprint density at radius 3 is 2.53 bits per heavy atom. The molecular formula is C12H10Cl2N2O. The van der Waals surface area contributed by atoms with Crippen LogP contribution in [0.1, 0.15) is 21.7 Å². The Morgan fingerprint density at radius 1 is 1.24 bits per heavy atom. The molecular weight excluding hydrogens is 259 g/mol. The molecule has 0 unspecified atom stereocenters. The molecule has 2 aromatic rings. The van der Waals surface area contributed by atoms with Crippen molar-refractivity contribution in [1.82, 2.24) is 9.78 Å². The number of benzene rings is 1. The van der Waals surface area contributed by atoms with Crippen molar-refractivity contribution in [2.45, 2.75) is 13.8 Å². The number of aryl methyl sites for hydroxylation is 2. The highest BCUT2D eigenvalue weighted by Crippen LogP contribution is 2.22. The van der Waals surface area contributed by atoms with Crippen molar-refractivity contribution in [3.63, 3.8) is 0 Å². The average Bonchev–Trinajstić information content (AvgIpc) is 2.60. The normalized spacial score (nSPS) is 10.6. The van der Waals surface area contributed by atoms with Crippen molar-refractivity contribution in [2.24, 2.45) is 0 Å². The van der Waals surface area contributed by atoms with Gasteiger partial charge < -0.3 is 0 Å². The number of carbonyl (C=O) groups is 1. The molecule has 0 saturated carbocycles. The molecule has 0 radical (unpaired) electrons. The lowest BCUT2D eigenvalue weighted by molar-refractivity contribution is 0.0942. The lowest BCUT2D eigenvalue weighted by atomic mass is 10.2. The zero-order chi connectivity index (χ0) is 12.6. The number of rotatable bonds is 1. The molecule has 0 fully saturated rings. The van der Waals surface area contributed by atoms with Crippen molar-refractivity contribution < 1.29 is 4.79 Å². The molecule has 17 heavy (non-hydrogen) atoms. The molecule has 5 heteroatoms. The first-order chi connectivity index (χ1) is 7.99. The minimum atomic E-state index is -0.275. The number of hydrogen-bond donors (Lipinski definition) is 0. The lowest BCUT2D eigenvalue weighted by Gasteiger charge is -2.05. The van der Waals surface area contributed by atoms with Crippen LogP contribution in [0, 0.1) is 13.8 Å². The zero-order valence-corrected chi connectivity index (χ0v) is 10.9. The largest absolute Gasteiger partial charge is 0.279 e. The van der Waals surface area contributed by atoms with E-state index in [-0.39, 0.29) is 5.91 Å². The van der Waals surface area contributed by atoms with Crippen molar-refractivity contribution in [3.05, 3.63) is 51.3 Å². The van der Waals surface area contributed by atoms with Crippen LogP contribution in [0.5, 0.6) is 0 Å². The average molecular weight is 269 g/mol. The van der Waals surface area contributed by atoms with Crippen LogP contribution < -0.4 is 0 Å². The fourth-order valence-electron chi connectivity index (χ4n) is 1.61. The molecule has 0 amide bonds. The number of nitrogens with zero attached hydrogens (tertiary/aromatic N) is 2. The molecule has 0 atom stereocenters. The highest BCUT2D eigenvalue weighted by molar-refractivity contribution is 6.35. The smallest absolute Gasteiger partial charge is 0.267 e. The summed E-state index contributed by atoms with van der Waals surface area (Å²) in [5.41, 5.74) is 1.91. The Kier molecular flexibility index (Phi) is 3.22. The number of aromatic nitrogens is 2. The molecule has 1 heterocycles. The quantitative estimate of drug-likeness (QED) is 0.794. The molecule has 1 aromatic heterocycles. The van der Waals surface area contributed by atoms with Gasteiger partial charge in [0.2, 0.25) is 0 Å². The lowest BCUT2D eigenvalue weighted by Crippen LogP contribution is -2.15. The number of hydrogen-bond acceptors (Lipinski definition) is 2. The first-order valence-electron chi connectivity index (χ1n) is 5.02. The Balaban J connectivity index is 2.50. The van der Waals surface area contributed by atoms with Gasteiger partial charge in [0.1, 0.15) is 0 Å². The maximum absolute atomic E-state index is 12.2. The minimum Gasteiger partial charge on any atom is -0.267 e. The second-order valence-corrected chi connectivity index (χ2v) is 4.61. The molecule has 0 aliphatic carbocycles. The summed E-state index contributed by atoms with van der Waals surface area (Å²) in [6, 6.07) is 6.61. The monoisotopic (exact) mass is 268 g/mol. The van der Waals surface area contributed by atoms with Gasteiger partial charge in [-0.2, -0.15) is 5.10 Å². The van der Waals surface area contributed by atoms with Crippen LogP contribution in [0.3, 0.4) is 0 Å². The van der Waals surface area contributed by atoms with E-state index in [4.69, 9.17) is 23.2 Å². The van der Waals surface area contributed by atoms with Gasteiger partial charge in [0, 0.05) is 10.7 Å². The molecule has 0 aliphatic heterocycles. The molecule has 1 aromatic carbocycles. The van der Waals surface area contributed by atoms with Crippen molar-refractivity contribution in [3.8, 4) is 0 Å². The summed E-state index contributed by atoms with van der Waals surface area (Å²) >= 11 is 11.8. The SMILES string of the molecule is Cc1cc(C)n(C(=O)c2cc(Cl)ccc2Cl)n1. The van der Waals surface area contributed by atoms with Crippen LogP contribution >= 0.6 is 23.2 Å². The fraction of sp³-hybridized carbons (Fsp3) is 0.167. The maximum Gasteiger partial charge on any atom is 0.279 e. The molecule has 88 valence electrons. The van der Waals surface area contributed by atoms with Gasteiger partial charge in [-0.3, -0.25) is 4.79 Å². The third-order valence-corrected chi connectivity index (χ3v) is 2.93. The molecule has 0 spiro atoms. The van der Waals surface area contributed by atoms with Gasteiger partial charge in [-0.25, -0.2) is 4.68 Å².